The van der Waals surface area contributed by atoms with Gasteiger partial charge in [-0.1, -0.05) is 19.8 Å². The van der Waals surface area contributed by atoms with Crippen LogP contribution >= 0.6 is 0 Å². The van der Waals surface area contributed by atoms with E-state index in [1.54, 1.807) is 18.2 Å². The second-order valence-corrected chi connectivity index (χ2v) is 8.55. The normalized spacial score (nSPS) is 18.2. The van der Waals surface area contributed by atoms with Crippen LogP contribution in [0.2, 0.25) is 0 Å². The number of rotatable bonds is 5. The Morgan fingerprint density at radius 3 is 2.33 bits per heavy atom. The Morgan fingerprint density at radius 1 is 1.21 bits per heavy atom. The highest BCUT2D eigenvalue weighted by Gasteiger charge is 2.32. The molecule has 1 fully saturated rings. The number of aromatic nitrogens is 1. The molecule has 1 atom stereocenters. The molecule has 0 aliphatic carbocycles. The van der Waals surface area contributed by atoms with Gasteiger partial charge in [-0.05, 0) is 45.6 Å². The summed E-state index contributed by atoms with van der Waals surface area (Å²) >= 11 is 0. The Hall–Kier alpha value is -1.34. The van der Waals surface area contributed by atoms with Gasteiger partial charge in [0.1, 0.15) is 10.6 Å². The Bertz CT molecular complexity index is 686. The third-order valence-corrected chi connectivity index (χ3v) is 6.92. The highest BCUT2D eigenvalue weighted by atomic mass is 32.2. The van der Waals surface area contributed by atoms with Crippen molar-refractivity contribution in [2.75, 3.05) is 13.1 Å². The zero-order chi connectivity index (χ0) is 17.9. The number of H-pyrrole nitrogens is 1. The lowest BCUT2D eigenvalue weighted by atomic mass is 10.2. The van der Waals surface area contributed by atoms with Crippen LogP contribution in [0.3, 0.4) is 0 Å². The van der Waals surface area contributed by atoms with E-state index in [9.17, 15) is 13.2 Å². The van der Waals surface area contributed by atoms with Crippen LogP contribution in [-0.2, 0) is 10.0 Å². The summed E-state index contributed by atoms with van der Waals surface area (Å²) in [7, 11) is -3.57. The number of amides is 1. The molecule has 2 N–H and O–H groups in total. The molecule has 1 aromatic rings. The molecule has 136 valence electrons. The van der Waals surface area contributed by atoms with Gasteiger partial charge in [0.25, 0.3) is 5.91 Å². The van der Waals surface area contributed by atoms with Gasteiger partial charge in [-0.15, -0.1) is 0 Å². The molecule has 0 bridgehead atoms. The van der Waals surface area contributed by atoms with Gasteiger partial charge in [-0.2, -0.15) is 4.31 Å². The van der Waals surface area contributed by atoms with Crippen molar-refractivity contribution in [3.05, 3.63) is 17.0 Å². The Balaban J connectivity index is 2.35. The number of nitrogens with zero attached hydrogens (tertiary/aromatic N) is 1. The lowest BCUT2D eigenvalue weighted by molar-refractivity contribution is 0.0934. The van der Waals surface area contributed by atoms with Crippen molar-refractivity contribution >= 4 is 15.9 Å². The summed E-state index contributed by atoms with van der Waals surface area (Å²) in [5, 5.41) is 2.89. The van der Waals surface area contributed by atoms with Crippen LogP contribution in [0.15, 0.2) is 4.90 Å². The molecule has 2 rings (SSSR count). The third kappa shape index (κ3) is 3.83. The lowest BCUT2D eigenvalue weighted by Gasteiger charge is -2.20. The fourth-order valence-electron chi connectivity index (χ4n) is 3.16. The molecule has 2 heterocycles. The maximum Gasteiger partial charge on any atom is 0.268 e. The summed E-state index contributed by atoms with van der Waals surface area (Å²) in [5.41, 5.74) is 1.39. The van der Waals surface area contributed by atoms with Gasteiger partial charge in [-0.25, -0.2) is 8.42 Å². The summed E-state index contributed by atoms with van der Waals surface area (Å²) in [6, 6.07) is 0.0474. The fraction of sp³-hybridized carbons (Fsp3) is 0.706. The maximum atomic E-state index is 13.1. The van der Waals surface area contributed by atoms with Crippen molar-refractivity contribution in [1.29, 1.82) is 0 Å². The van der Waals surface area contributed by atoms with Crippen LogP contribution in [0.4, 0.5) is 0 Å². The molecule has 0 radical (unpaired) electrons. The standard InChI is InChI=1S/C17H29N3O3S/c1-5-12(2)18-17(21)15-13(3)16(14(4)19-15)24(22,23)20-10-8-6-7-9-11-20/h12,19H,5-11H2,1-4H3,(H,18,21)/t12-/m0/s1. The molecule has 0 unspecified atom stereocenters. The van der Waals surface area contributed by atoms with E-state index in [4.69, 9.17) is 0 Å². The minimum absolute atomic E-state index is 0.0474. The number of nitrogens with one attached hydrogen (secondary N) is 2. The van der Waals surface area contributed by atoms with Gasteiger partial charge in [0.2, 0.25) is 10.0 Å². The SMILES string of the molecule is CC[C@H](C)NC(=O)c1[nH]c(C)c(S(=O)(=O)N2CCCCCC2)c1C. The zero-order valence-electron chi connectivity index (χ0n) is 15.1. The Kier molecular flexibility index (Phi) is 6.09. The highest BCUT2D eigenvalue weighted by molar-refractivity contribution is 7.89. The highest BCUT2D eigenvalue weighted by Crippen LogP contribution is 2.28. The monoisotopic (exact) mass is 355 g/mol. The lowest BCUT2D eigenvalue weighted by Crippen LogP contribution is -2.33. The molecule has 1 aromatic heterocycles. The first kappa shape index (κ1) is 19.0. The van der Waals surface area contributed by atoms with E-state index in [1.807, 2.05) is 13.8 Å². The Labute approximate surface area is 145 Å². The van der Waals surface area contributed by atoms with Crippen LogP contribution < -0.4 is 5.32 Å². The largest absolute Gasteiger partial charge is 0.353 e. The summed E-state index contributed by atoms with van der Waals surface area (Å²) < 4.78 is 27.7. The Morgan fingerprint density at radius 2 is 1.79 bits per heavy atom. The van der Waals surface area contributed by atoms with E-state index in [-0.39, 0.29) is 16.8 Å². The zero-order valence-corrected chi connectivity index (χ0v) is 15.9. The number of aromatic amines is 1. The molecule has 24 heavy (non-hydrogen) atoms. The molecule has 0 aromatic carbocycles. The van der Waals surface area contributed by atoms with Crippen molar-refractivity contribution in [3.8, 4) is 0 Å². The van der Waals surface area contributed by atoms with E-state index in [0.717, 1.165) is 32.1 Å². The molecule has 1 saturated heterocycles. The molecule has 1 amide bonds. The van der Waals surface area contributed by atoms with Gasteiger partial charge in [0.05, 0.1) is 0 Å². The average molecular weight is 356 g/mol. The number of carbonyl (C=O) groups excluding carboxylic acids is 1. The predicted molar refractivity (Wildman–Crippen MR) is 94.7 cm³/mol. The number of carbonyl (C=O) groups is 1. The molecular weight excluding hydrogens is 326 g/mol. The van der Waals surface area contributed by atoms with Crippen molar-refractivity contribution in [2.24, 2.45) is 0 Å². The minimum atomic E-state index is -3.57. The first-order chi connectivity index (χ1) is 11.3. The van der Waals surface area contributed by atoms with Gasteiger partial charge >= 0.3 is 0 Å². The van der Waals surface area contributed by atoms with Crippen molar-refractivity contribution in [2.45, 2.75) is 70.7 Å². The number of aryl methyl sites for hydroxylation is 1. The smallest absolute Gasteiger partial charge is 0.268 e. The molecule has 0 saturated carbocycles. The van der Waals surface area contributed by atoms with Crippen LogP contribution in [0.1, 0.15) is 67.7 Å². The van der Waals surface area contributed by atoms with Crippen LogP contribution in [0, 0.1) is 13.8 Å². The van der Waals surface area contributed by atoms with Crippen molar-refractivity contribution < 1.29 is 13.2 Å². The number of hydrogen-bond donors (Lipinski definition) is 2. The van der Waals surface area contributed by atoms with E-state index < -0.39 is 10.0 Å². The second kappa shape index (κ2) is 7.70. The molecule has 0 spiro atoms. The average Bonchev–Trinajstić information content (AvgIpc) is 2.72. The second-order valence-electron chi connectivity index (χ2n) is 6.68. The summed E-state index contributed by atoms with van der Waals surface area (Å²) in [4.78, 5) is 15.7. The number of sulfonamides is 1. The van der Waals surface area contributed by atoms with Crippen LogP contribution in [-0.4, -0.2) is 42.7 Å². The van der Waals surface area contributed by atoms with Gasteiger partial charge in [-0.3, -0.25) is 4.79 Å². The van der Waals surface area contributed by atoms with Crippen LogP contribution in [0.25, 0.3) is 0 Å². The first-order valence-corrected chi connectivity index (χ1v) is 10.2. The maximum absolute atomic E-state index is 13.1. The summed E-state index contributed by atoms with van der Waals surface area (Å²) in [6.07, 6.45) is 4.75. The topological polar surface area (TPSA) is 82.3 Å². The summed E-state index contributed by atoms with van der Waals surface area (Å²) in [5.74, 6) is -0.248. The molecule has 1 aliphatic rings. The molecule has 7 heteroatoms. The van der Waals surface area contributed by atoms with Crippen LogP contribution in [0.5, 0.6) is 0 Å². The van der Waals surface area contributed by atoms with Crippen molar-refractivity contribution in [1.82, 2.24) is 14.6 Å². The molecule has 1 aliphatic heterocycles. The quantitative estimate of drug-likeness (QED) is 0.852. The number of hydrogen-bond acceptors (Lipinski definition) is 3. The van der Waals surface area contributed by atoms with E-state index in [1.165, 1.54) is 0 Å². The van der Waals surface area contributed by atoms with E-state index >= 15 is 0 Å². The third-order valence-electron chi connectivity index (χ3n) is 4.75. The first-order valence-electron chi connectivity index (χ1n) is 8.79. The van der Waals surface area contributed by atoms with E-state index in [2.05, 4.69) is 10.3 Å². The van der Waals surface area contributed by atoms with Gasteiger partial charge < -0.3 is 10.3 Å². The van der Waals surface area contributed by atoms with Gasteiger partial charge in [0.15, 0.2) is 0 Å². The summed E-state index contributed by atoms with van der Waals surface area (Å²) in [6.45, 7) is 8.46. The van der Waals surface area contributed by atoms with Crippen molar-refractivity contribution in [3.63, 3.8) is 0 Å². The molecular formula is C17H29N3O3S. The minimum Gasteiger partial charge on any atom is -0.353 e. The van der Waals surface area contributed by atoms with Gasteiger partial charge in [0, 0.05) is 24.8 Å². The predicted octanol–water partition coefficient (Wildman–Crippen LogP) is 2.72. The van der Waals surface area contributed by atoms with E-state index in [0.29, 0.717) is 30.0 Å². The fourth-order valence-corrected chi connectivity index (χ4v) is 5.08. The molecule has 6 nitrogen and oxygen atoms in total.